The highest BCUT2D eigenvalue weighted by atomic mass is 15.3. The van der Waals surface area contributed by atoms with E-state index in [0.717, 1.165) is 24.3 Å². The van der Waals surface area contributed by atoms with Gasteiger partial charge in [-0.25, -0.2) is 0 Å². The third kappa shape index (κ3) is 4.97. The Morgan fingerprint density at radius 1 is 1.47 bits per heavy atom. The second kappa shape index (κ2) is 7.57. The van der Waals surface area contributed by atoms with Gasteiger partial charge in [-0.2, -0.15) is 0 Å². The Bertz CT molecular complexity index is 236. The van der Waals surface area contributed by atoms with Gasteiger partial charge in [0.15, 0.2) is 5.96 Å². The molecule has 1 rings (SSSR count). The smallest absolute Gasteiger partial charge is 0.193 e. The first-order valence-corrected chi connectivity index (χ1v) is 7.13. The predicted octanol–water partition coefficient (Wildman–Crippen LogP) is 2.73. The van der Waals surface area contributed by atoms with Crippen LogP contribution >= 0.6 is 0 Å². The zero-order valence-electron chi connectivity index (χ0n) is 12.0. The van der Waals surface area contributed by atoms with Crippen molar-refractivity contribution >= 4 is 5.96 Å². The fourth-order valence-corrected chi connectivity index (χ4v) is 2.59. The molecule has 3 heteroatoms. The van der Waals surface area contributed by atoms with Gasteiger partial charge in [-0.05, 0) is 31.1 Å². The summed E-state index contributed by atoms with van der Waals surface area (Å²) in [4.78, 5) is 6.81. The van der Waals surface area contributed by atoms with Gasteiger partial charge in [-0.15, -0.1) is 0 Å². The predicted molar refractivity (Wildman–Crippen MR) is 75.4 cm³/mol. The minimum Gasteiger partial charge on any atom is -0.356 e. The molecule has 1 aliphatic heterocycles. The molecule has 0 radical (unpaired) electrons. The van der Waals surface area contributed by atoms with Gasteiger partial charge in [0.25, 0.3) is 0 Å². The van der Waals surface area contributed by atoms with E-state index in [2.05, 4.69) is 36.0 Å². The van der Waals surface area contributed by atoms with Crippen molar-refractivity contribution in [3.63, 3.8) is 0 Å². The van der Waals surface area contributed by atoms with Crippen molar-refractivity contribution in [3.8, 4) is 0 Å². The molecular formula is C14H29N3. The maximum atomic E-state index is 4.39. The number of nitrogens with one attached hydrogen (secondary N) is 1. The summed E-state index contributed by atoms with van der Waals surface area (Å²) >= 11 is 0. The summed E-state index contributed by atoms with van der Waals surface area (Å²) in [5.74, 6) is 2.78. The van der Waals surface area contributed by atoms with E-state index in [1.54, 1.807) is 0 Å². The van der Waals surface area contributed by atoms with Crippen LogP contribution in [0.3, 0.4) is 0 Å². The summed E-state index contributed by atoms with van der Waals surface area (Å²) in [5.41, 5.74) is 0. The molecule has 1 unspecified atom stereocenters. The lowest BCUT2D eigenvalue weighted by Gasteiger charge is -2.22. The molecule has 1 N–H and O–H groups in total. The molecule has 0 aromatic rings. The van der Waals surface area contributed by atoms with E-state index in [1.807, 2.05) is 7.05 Å². The van der Waals surface area contributed by atoms with Crippen molar-refractivity contribution < 1.29 is 0 Å². The van der Waals surface area contributed by atoms with Gasteiger partial charge in [0.1, 0.15) is 0 Å². The summed E-state index contributed by atoms with van der Waals surface area (Å²) in [5, 5.41) is 3.46. The molecule has 100 valence electrons. The number of rotatable bonds is 5. The van der Waals surface area contributed by atoms with Crippen LogP contribution < -0.4 is 5.32 Å². The fourth-order valence-electron chi connectivity index (χ4n) is 2.59. The lowest BCUT2D eigenvalue weighted by atomic mass is 9.97. The molecule has 1 saturated heterocycles. The Morgan fingerprint density at radius 2 is 2.24 bits per heavy atom. The standard InChI is InChI=1S/C14H29N3/c1-5-6-8-16-14(15-4)17-9-7-13(11-17)10-12(2)3/h12-13H,5-11H2,1-4H3,(H,15,16). The van der Waals surface area contributed by atoms with E-state index >= 15 is 0 Å². The lowest BCUT2D eigenvalue weighted by molar-refractivity contribution is 0.403. The summed E-state index contributed by atoms with van der Waals surface area (Å²) < 4.78 is 0. The number of hydrogen-bond acceptors (Lipinski definition) is 1. The van der Waals surface area contributed by atoms with Crippen LogP contribution in [0.25, 0.3) is 0 Å². The van der Waals surface area contributed by atoms with Gasteiger partial charge in [-0.1, -0.05) is 27.2 Å². The molecule has 1 aliphatic rings. The molecule has 0 aliphatic carbocycles. The van der Waals surface area contributed by atoms with E-state index in [1.165, 1.54) is 38.8 Å². The highest BCUT2D eigenvalue weighted by molar-refractivity contribution is 5.80. The van der Waals surface area contributed by atoms with Crippen LogP contribution in [-0.4, -0.2) is 37.5 Å². The number of unbranched alkanes of at least 4 members (excludes halogenated alkanes) is 1. The van der Waals surface area contributed by atoms with Gasteiger partial charge in [-0.3, -0.25) is 4.99 Å². The molecule has 0 spiro atoms. The molecule has 17 heavy (non-hydrogen) atoms. The van der Waals surface area contributed by atoms with Crippen molar-refractivity contribution in [2.45, 2.75) is 46.5 Å². The van der Waals surface area contributed by atoms with E-state index in [9.17, 15) is 0 Å². The van der Waals surface area contributed by atoms with Gasteiger partial charge in [0.05, 0.1) is 0 Å². The Morgan fingerprint density at radius 3 is 2.82 bits per heavy atom. The Labute approximate surface area is 107 Å². The second-order valence-corrected chi connectivity index (χ2v) is 5.56. The molecular weight excluding hydrogens is 210 g/mol. The number of guanidine groups is 1. The summed E-state index contributed by atoms with van der Waals surface area (Å²) in [6.07, 6.45) is 5.14. The zero-order chi connectivity index (χ0) is 12.7. The third-order valence-corrected chi connectivity index (χ3v) is 3.42. The zero-order valence-corrected chi connectivity index (χ0v) is 12.0. The first kappa shape index (κ1) is 14.3. The molecule has 1 atom stereocenters. The van der Waals surface area contributed by atoms with Crippen LogP contribution in [0, 0.1) is 11.8 Å². The van der Waals surface area contributed by atoms with E-state index in [-0.39, 0.29) is 0 Å². The molecule has 1 heterocycles. The minimum atomic E-state index is 0.815. The van der Waals surface area contributed by atoms with Crippen molar-refractivity contribution in [1.29, 1.82) is 0 Å². The van der Waals surface area contributed by atoms with Gasteiger partial charge in [0.2, 0.25) is 0 Å². The summed E-state index contributed by atoms with van der Waals surface area (Å²) in [6, 6.07) is 0. The van der Waals surface area contributed by atoms with Crippen LogP contribution in [0.4, 0.5) is 0 Å². The van der Waals surface area contributed by atoms with Crippen molar-refractivity contribution in [1.82, 2.24) is 10.2 Å². The van der Waals surface area contributed by atoms with Crippen molar-refractivity contribution in [2.75, 3.05) is 26.7 Å². The SMILES string of the molecule is CCCCNC(=NC)N1CCC(CC(C)C)C1. The topological polar surface area (TPSA) is 27.6 Å². The summed E-state index contributed by atoms with van der Waals surface area (Å²) in [6.45, 7) is 10.3. The van der Waals surface area contributed by atoms with Crippen LogP contribution in [0.15, 0.2) is 4.99 Å². The van der Waals surface area contributed by atoms with Gasteiger partial charge < -0.3 is 10.2 Å². The normalized spacial score (nSPS) is 21.4. The molecule has 1 fully saturated rings. The average molecular weight is 239 g/mol. The molecule has 0 saturated carbocycles. The van der Waals surface area contributed by atoms with Gasteiger partial charge >= 0.3 is 0 Å². The van der Waals surface area contributed by atoms with E-state index in [0.29, 0.717) is 0 Å². The molecule has 0 bridgehead atoms. The number of nitrogens with zero attached hydrogens (tertiary/aromatic N) is 2. The largest absolute Gasteiger partial charge is 0.356 e. The quantitative estimate of drug-likeness (QED) is 0.454. The molecule has 0 amide bonds. The van der Waals surface area contributed by atoms with Crippen LogP contribution in [0.5, 0.6) is 0 Å². The summed E-state index contributed by atoms with van der Waals surface area (Å²) in [7, 11) is 1.89. The highest BCUT2D eigenvalue weighted by Crippen LogP contribution is 2.23. The maximum Gasteiger partial charge on any atom is 0.193 e. The second-order valence-electron chi connectivity index (χ2n) is 5.56. The maximum absolute atomic E-state index is 4.39. The lowest BCUT2D eigenvalue weighted by Crippen LogP contribution is -2.40. The van der Waals surface area contributed by atoms with E-state index in [4.69, 9.17) is 0 Å². The average Bonchev–Trinajstić information content (AvgIpc) is 2.72. The first-order valence-electron chi connectivity index (χ1n) is 7.13. The van der Waals surface area contributed by atoms with Crippen molar-refractivity contribution in [3.05, 3.63) is 0 Å². The van der Waals surface area contributed by atoms with Gasteiger partial charge in [0, 0.05) is 26.7 Å². The Balaban J connectivity index is 2.34. The third-order valence-electron chi connectivity index (χ3n) is 3.42. The highest BCUT2D eigenvalue weighted by Gasteiger charge is 2.24. The van der Waals surface area contributed by atoms with E-state index < -0.39 is 0 Å². The van der Waals surface area contributed by atoms with Crippen LogP contribution in [0.1, 0.15) is 46.5 Å². The number of likely N-dealkylation sites (tertiary alicyclic amines) is 1. The van der Waals surface area contributed by atoms with Crippen LogP contribution in [-0.2, 0) is 0 Å². The van der Waals surface area contributed by atoms with Crippen LogP contribution in [0.2, 0.25) is 0 Å². The van der Waals surface area contributed by atoms with Crippen molar-refractivity contribution in [2.24, 2.45) is 16.8 Å². The minimum absolute atomic E-state index is 0.815. The molecule has 3 nitrogen and oxygen atoms in total. The fraction of sp³-hybridized carbons (Fsp3) is 0.929. The first-order chi connectivity index (χ1) is 8.17. The molecule has 0 aromatic heterocycles. The number of hydrogen-bond donors (Lipinski definition) is 1. The molecule has 0 aromatic carbocycles. The Hall–Kier alpha value is -0.730. The Kier molecular flexibility index (Phi) is 6.38. The number of aliphatic imine (C=N–C) groups is 1. The monoisotopic (exact) mass is 239 g/mol.